The molecule has 0 radical (unpaired) electrons. The predicted molar refractivity (Wildman–Crippen MR) is 57.1 cm³/mol. The third-order valence-electron chi connectivity index (χ3n) is 2.01. The maximum atomic E-state index is 11.3. The number of nitrogens with zero attached hydrogens (tertiary/aromatic N) is 1. The van der Waals surface area contributed by atoms with E-state index >= 15 is 0 Å². The van der Waals surface area contributed by atoms with E-state index < -0.39 is 11.9 Å². The Balaban J connectivity index is 2.22. The summed E-state index contributed by atoms with van der Waals surface area (Å²) in [5.41, 5.74) is 11.3. The summed E-state index contributed by atoms with van der Waals surface area (Å²) >= 11 is 0. The van der Waals surface area contributed by atoms with Gasteiger partial charge in [-0.05, 0) is 0 Å². The van der Waals surface area contributed by atoms with Gasteiger partial charge in [0.25, 0.3) is 0 Å². The highest BCUT2D eigenvalue weighted by Gasteiger charge is 2.14. The lowest BCUT2D eigenvalue weighted by Gasteiger charge is -2.09. The number of imidazole rings is 1. The zero-order chi connectivity index (χ0) is 12.0. The first-order valence-corrected chi connectivity index (χ1v) is 4.88. The Morgan fingerprint density at radius 2 is 2.31 bits per heavy atom. The molecule has 6 N–H and O–H groups in total. The van der Waals surface area contributed by atoms with E-state index in [4.69, 9.17) is 11.5 Å². The van der Waals surface area contributed by atoms with Crippen molar-refractivity contribution in [3.05, 3.63) is 18.2 Å². The van der Waals surface area contributed by atoms with Gasteiger partial charge in [0.15, 0.2) is 0 Å². The van der Waals surface area contributed by atoms with Gasteiger partial charge in [-0.2, -0.15) is 0 Å². The van der Waals surface area contributed by atoms with E-state index in [2.05, 4.69) is 15.3 Å². The molecular formula is C9H15N5O2. The van der Waals surface area contributed by atoms with Crippen LogP contribution in [0.2, 0.25) is 0 Å². The molecule has 7 heteroatoms. The Morgan fingerprint density at radius 1 is 1.56 bits per heavy atom. The first-order valence-electron chi connectivity index (χ1n) is 4.88. The van der Waals surface area contributed by atoms with Crippen LogP contribution in [0.5, 0.6) is 0 Å². The summed E-state index contributed by atoms with van der Waals surface area (Å²) in [5.74, 6) is -0.963. The molecule has 1 aromatic rings. The molecular weight excluding hydrogens is 210 g/mol. The van der Waals surface area contributed by atoms with Crippen molar-refractivity contribution in [3.8, 4) is 0 Å². The van der Waals surface area contributed by atoms with Crippen molar-refractivity contribution < 1.29 is 9.59 Å². The fourth-order valence-electron chi connectivity index (χ4n) is 1.18. The van der Waals surface area contributed by atoms with Crippen LogP contribution < -0.4 is 16.8 Å². The van der Waals surface area contributed by atoms with Crippen LogP contribution in [0.1, 0.15) is 12.1 Å². The molecule has 16 heavy (non-hydrogen) atoms. The molecule has 0 aliphatic rings. The second-order valence-electron chi connectivity index (χ2n) is 3.39. The van der Waals surface area contributed by atoms with Gasteiger partial charge in [0.1, 0.15) is 0 Å². The van der Waals surface area contributed by atoms with Gasteiger partial charge in [-0.15, -0.1) is 0 Å². The number of carbonyl (C=O) groups excluding carboxylic acids is 2. The van der Waals surface area contributed by atoms with E-state index in [1.165, 1.54) is 0 Å². The average molecular weight is 225 g/mol. The Kier molecular flexibility index (Phi) is 4.46. The normalized spacial score (nSPS) is 12.1. The number of primary amides is 1. The van der Waals surface area contributed by atoms with Crippen LogP contribution in [0, 0.1) is 0 Å². The number of nitrogens with one attached hydrogen (secondary N) is 2. The molecule has 1 unspecified atom stereocenters. The van der Waals surface area contributed by atoms with Gasteiger partial charge in [0, 0.05) is 24.9 Å². The SMILES string of the molecule is NC(=O)CC(N)C(=O)NCCc1cnc[nH]1. The minimum Gasteiger partial charge on any atom is -0.370 e. The number of aromatic nitrogens is 2. The number of amides is 2. The first-order chi connectivity index (χ1) is 7.59. The number of aromatic amines is 1. The maximum absolute atomic E-state index is 11.3. The zero-order valence-electron chi connectivity index (χ0n) is 8.77. The van der Waals surface area contributed by atoms with E-state index in [0.717, 1.165) is 5.69 Å². The van der Waals surface area contributed by atoms with Crippen LogP contribution >= 0.6 is 0 Å². The summed E-state index contributed by atoms with van der Waals surface area (Å²) < 4.78 is 0. The summed E-state index contributed by atoms with van der Waals surface area (Å²) in [6.07, 6.45) is 3.73. The second kappa shape index (κ2) is 5.86. The Morgan fingerprint density at radius 3 is 2.88 bits per heavy atom. The standard InChI is InChI=1S/C9H15N5O2/c10-7(3-8(11)15)9(16)13-2-1-6-4-12-5-14-6/h4-5,7H,1-3,10H2,(H2,11,15)(H,12,14)(H,13,16). The number of carbonyl (C=O) groups is 2. The van der Waals surface area contributed by atoms with Crippen molar-refractivity contribution in [2.45, 2.75) is 18.9 Å². The molecule has 0 aromatic carbocycles. The van der Waals surface area contributed by atoms with Gasteiger partial charge in [0.05, 0.1) is 18.8 Å². The Labute approximate surface area is 92.6 Å². The lowest BCUT2D eigenvalue weighted by Crippen LogP contribution is -2.43. The van der Waals surface area contributed by atoms with Gasteiger partial charge in [-0.3, -0.25) is 9.59 Å². The van der Waals surface area contributed by atoms with Crippen LogP contribution in [-0.2, 0) is 16.0 Å². The summed E-state index contributed by atoms with van der Waals surface area (Å²) in [6.45, 7) is 0.438. The molecule has 88 valence electrons. The van der Waals surface area contributed by atoms with Crippen LogP contribution in [0.3, 0.4) is 0 Å². The molecule has 1 heterocycles. The van der Waals surface area contributed by atoms with Gasteiger partial charge in [-0.25, -0.2) is 4.98 Å². The molecule has 1 atom stereocenters. The number of rotatable bonds is 6. The van der Waals surface area contributed by atoms with Crippen molar-refractivity contribution in [2.75, 3.05) is 6.54 Å². The Bertz CT molecular complexity index is 349. The molecule has 0 bridgehead atoms. The summed E-state index contributed by atoms with van der Waals surface area (Å²) in [4.78, 5) is 28.6. The second-order valence-corrected chi connectivity index (χ2v) is 3.39. The predicted octanol–water partition coefficient (Wildman–Crippen LogP) is -1.73. The van der Waals surface area contributed by atoms with Crippen molar-refractivity contribution in [2.24, 2.45) is 11.5 Å². The lowest BCUT2D eigenvalue weighted by atomic mass is 10.2. The topological polar surface area (TPSA) is 127 Å². The van der Waals surface area contributed by atoms with Gasteiger partial charge in [0.2, 0.25) is 11.8 Å². The van der Waals surface area contributed by atoms with Gasteiger partial charge >= 0.3 is 0 Å². The molecule has 2 amide bonds. The van der Waals surface area contributed by atoms with E-state index in [1.807, 2.05) is 0 Å². The highest BCUT2D eigenvalue weighted by Crippen LogP contribution is 1.91. The van der Waals surface area contributed by atoms with E-state index in [-0.39, 0.29) is 12.3 Å². The molecule has 0 aliphatic carbocycles. The number of nitrogens with two attached hydrogens (primary N) is 2. The first kappa shape index (κ1) is 12.2. The van der Waals surface area contributed by atoms with E-state index in [1.54, 1.807) is 12.5 Å². The average Bonchev–Trinajstić information content (AvgIpc) is 2.69. The van der Waals surface area contributed by atoms with Crippen molar-refractivity contribution in [1.82, 2.24) is 15.3 Å². The molecule has 0 fully saturated rings. The molecule has 0 aliphatic heterocycles. The molecule has 0 saturated carbocycles. The monoisotopic (exact) mass is 225 g/mol. The summed E-state index contributed by atoms with van der Waals surface area (Å²) in [5, 5.41) is 2.61. The van der Waals surface area contributed by atoms with Crippen LogP contribution in [0.4, 0.5) is 0 Å². The zero-order valence-corrected chi connectivity index (χ0v) is 8.77. The third kappa shape index (κ3) is 4.09. The summed E-state index contributed by atoms with van der Waals surface area (Å²) in [6, 6.07) is -0.876. The fourth-order valence-corrected chi connectivity index (χ4v) is 1.18. The largest absolute Gasteiger partial charge is 0.370 e. The lowest BCUT2D eigenvalue weighted by molar-refractivity contribution is -0.126. The van der Waals surface area contributed by atoms with Crippen molar-refractivity contribution in [1.29, 1.82) is 0 Å². The molecule has 1 aromatic heterocycles. The minimum atomic E-state index is -0.876. The molecule has 1 rings (SSSR count). The van der Waals surface area contributed by atoms with E-state index in [9.17, 15) is 9.59 Å². The Hall–Kier alpha value is -1.89. The highest BCUT2D eigenvalue weighted by atomic mass is 16.2. The number of hydrogen-bond acceptors (Lipinski definition) is 4. The van der Waals surface area contributed by atoms with Gasteiger partial charge in [-0.1, -0.05) is 0 Å². The number of H-pyrrole nitrogens is 1. The van der Waals surface area contributed by atoms with Crippen LogP contribution in [-0.4, -0.2) is 34.4 Å². The van der Waals surface area contributed by atoms with Gasteiger partial charge < -0.3 is 21.8 Å². The van der Waals surface area contributed by atoms with Crippen LogP contribution in [0.15, 0.2) is 12.5 Å². The van der Waals surface area contributed by atoms with Crippen LogP contribution in [0.25, 0.3) is 0 Å². The minimum absolute atomic E-state index is 0.143. The fraction of sp³-hybridized carbons (Fsp3) is 0.444. The molecule has 0 spiro atoms. The summed E-state index contributed by atoms with van der Waals surface area (Å²) in [7, 11) is 0. The maximum Gasteiger partial charge on any atom is 0.237 e. The van der Waals surface area contributed by atoms with Crippen molar-refractivity contribution in [3.63, 3.8) is 0 Å². The number of hydrogen-bond donors (Lipinski definition) is 4. The molecule has 0 saturated heterocycles. The van der Waals surface area contributed by atoms with E-state index in [0.29, 0.717) is 13.0 Å². The third-order valence-corrected chi connectivity index (χ3v) is 2.01. The smallest absolute Gasteiger partial charge is 0.237 e. The quantitative estimate of drug-likeness (QED) is 0.458. The highest BCUT2D eigenvalue weighted by molar-refractivity contribution is 5.87. The molecule has 7 nitrogen and oxygen atoms in total. The van der Waals surface area contributed by atoms with Crippen molar-refractivity contribution >= 4 is 11.8 Å².